The molecule has 0 fully saturated rings. The Balaban J connectivity index is 0.00000259. The van der Waals surface area contributed by atoms with Crippen LogP contribution in [0.1, 0.15) is 5.69 Å². The highest BCUT2D eigenvalue weighted by atomic mass is 35.5. The van der Waals surface area contributed by atoms with Gasteiger partial charge in [-0.25, -0.2) is 4.98 Å². The summed E-state index contributed by atoms with van der Waals surface area (Å²) in [6, 6.07) is 43.2. The first-order chi connectivity index (χ1) is 15.8. The summed E-state index contributed by atoms with van der Waals surface area (Å²) in [5, 5.41) is 5.18. The fraction of sp³-hybridized carbons (Fsp3) is 0.0690. The lowest BCUT2D eigenvalue weighted by molar-refractivity contribution is -0.00000655. The van der Waals surface area contributed by atoms with Crippen LogP contribution in [-0.2, 0) is 6.16 Å². The average molecular weight is 470 g/mol. The van der Waals surface area contributed by atoms with Crippen molar-refractivity contribution in [3.8, 4) is 5.75 Å². The lowest BCUT2D eigenvalue weighted by Crippen LogP contribution is -3.00. The number of fused-ring (bicyclic) bond motifs is 1. The van der Waals surface area contributed by atoms with Gasteiger partial charge in [0.1, 0.15) is 40.6 Å². The highest BCUT2D eigenvalue weighted by molar-refractivity contribution is 7.95. The van der Waals surface area contributed by atoms with E-state index in [-0.39, 0.29) is 12.4 Å². The van der Waals surface area contributed by atoms with Crippen LogP contribution in [-0.4, -0.2) is 12.1 Å². The molecular formula is C29H25ClNOP. The molecule has 2 nitrogen and oxygen atoms in total. The molecule has 0 saturated heterocycles. The van der Waals surface area contributed by atoms with E-state index >= 15 is 0 Å². The third-order valence-electron chi connectivity index (χ3n) is 5.95. The van der Waals surface area contributed by atoms with Gasteiger partial charge in [0.15, 0.2) is 0 Å². The topological polar surface area (TPSA) is 22.1 Å². The molecule has 0 saturated carbocycles. The van der Waals surface area contributed by atoms with Crippen molar-refractivity contribution in [3.05, 3.63) is 127 Å². The van der Waals surface area contributed by atoms with Gasteiger partial charge in [0.25, 0.3) is 0 Å². The number of hydrogen-bond donors (Lipinski definition) is 0. The molecule has 1 heterocycles. The predicted octanol–water partition coefficient (Wildman–Crippen LogP) is 2.74. The van der Waals surface area contributed by atoms with Crippen molar-refractivity contribution in [3.63, 3.8) is 0 Å². The number of ether oxygens (including phenoxy) is 1. The summed E-state index contributed by atoms with van der Waals surface area (Å²) in [6.45, 7) is 0. The Bertz CT molecular complexity index is 1230. The standard InChI is InChI=1S/C29H25NOP.ClH/c1-31-28-19-11-12-23-20-21-24(30-29(23)28)22-32(25-13-5-2-6-14-25,26-15-7-3-8-16-26)27-17-9-4-10-18-27;/h2-21H,22H2,1H3;1H/q+1;/p-1. The van der Waals surface area contributed by atoms with Crippen molar-refractivity contribution in [2.75, 3.05) is 7.11 Å². The molecular weight excluding hydrogens is 445 g/mol. The minimum Gasteiger partial charge on any atom is -1.00 e. The minimum absolute atomic E-state index is 0. The molecule has 0 amide bonds. The number of rotatable bonds is 6. The van der Waals surface area contributed by atoms with Crippen LogP contribution in [0, 0.1) is 0 Å². The van der Waals surface area contributed by atoms with Gasteiger partial charge >= 0.3 is 0 Å². The highest BCUT2D eigenvalue weighted by Gasteiger charge is 2.45. The number of benzene rings is 4. The SMILES string of the molecule is COc1cccc2ccc(C[P+](c3ccccc3)(c3ccccc3)c3ccccc3)nc12.[Cl-]. The minimum atomic E-state index is -1.98. The zero-order valence-electron chi connectivity index (χ0n) is 18.4. The molecule has 4 heteroatoms. The molecule has 0 unspecified atom stereocenters. The van der Waals surface area contributed by atoms with E-state index in [4.69, 9.17) is 9.72 Å². The quantitative estimate of drug-likeness (QED) is 0.357. The molecule has 5 aromatic rings. The lowest BCUT2D eigenvalue weighted by atomic mass is 10.2. The molecule has 0 aliphatic carbocycles. The Morgan fingerprint density at radius 1 is 0.606 bits per heavy atom. The van der Waals surface area contributed by atoms with Gasteiger partial charge in [0, 0.05) is 5.39 Å². The van der Waals surface area contributed by atoms with Crippen LogP contribution in [0.15, 0.2) is 121 Å². The fourth-order valence-corrected chi connectivity index (χ4v) is 8.57. The lowest BCUT2D eigenvalue weighted by Gasteiger charge is -2.27. The van der Waals surface area contributed by atoms with Crippen LogP contribution in [0.5, 0.6) is 5.75 Å². The first kappa shape index (κ1) is 23.0. The van der Waals surface area contributed by atoms with Gasteiger partial charge in [-0.15, -0.1) is 0 Å². The molecule has 1 aromatic heterocycles. The number of methoxy groups -OCH3 is 1. The third kappa shape index (κ3) is 4.37. The number of para-hydroxylation sites is 1. The monoisotopic (exact) mass is 469 g/mol. The van der Waals surface area contributed by atoms with Crippen LogP contribution in [0.4, 0.5) is 0 Å². The summed E-state index contributed by atoms with van der Waals surface area (Å²) in [5.41, 5.74) is 1.99. The first-order valence-electron chi connectivity index (χ1n) is 10.8. The van der Waals surface area contributed by atoms with Gasteiger partial charge in [-0.2, -0.15) is 0 Å². The number of aromatic nitrogens is 1. The maximum atomic E-state index is 5.61. The van der Waals surface area contributed by atoms with E-state index in [9.17, 15) is 0 Å². The molecule has 0 bridgehead atoms. The van der Waals surface area contributed by atoms with Crippen molar-refractivity contribution in [2.45, 2.75) is 6.16 Å². The first-order valence-corrected chi connectivity index (χ1v) is 12.8. The molecule has 0 spiro atoms. The second kappa shape index (κ2) is 10.2. The van der Waals surface area contributed by atoms with E-state index in [2.05, 4.69) is 109 Å². The zero-order valence-corrected chi connectivity index (χ0v) is 20.1. The van der Waals surface area contributed by atoms with Crippen LogP contribution in [0.25, 0.3) is 10.9 Å². The van der Waals surface area contributed by atoms with E-state index in [1.54, 1.807) is 7.11 Å². The smallest absolute Gasteiger partial charge is 0.145 e. The van der Waals surface area contributed by atoms with E-state index in [1.807, 2.05) is 12.1 Å². The average Bonchev–Trinajstić information content (AvgIpc) is 2.88. The van der Waals surface area contributed by atoms with E-state index in [0.29, 0.717) is 0 Å². The Morgan fingerprint density at radius 3 is 1.61 bits per heavy atom. The summed E-state index contributed by atoms with van der Waals surface area (Å²) >= 11 is 0. The van der Waals surface area contributed by atoms with Crippen LogP contribution in [0.2, 0.25) is 0 Å². The Morgan fingerprint density at radius 2 is 1.12 bits per heavy atom. The Hall–Kier alpha value is -3.19. The number of hydrogen-bond acceptors (Lipinski definition) is 2. The second-order valence-corrected chi connectivity index (χ2v) is 11.3. The third-order valence-corrected chi connectivity index (χ3v) is 10.3. The molecule has 0 atom stereocenters. The van der Waals surface area contributed by atoms with E-state index in [1.165, 1.54) is 15.9 Å². The number of pyridine rings is 1. The number of nitrogens with zero attached hydrogens (tertiary/aromatic N) is 1. The molecule has 0 N–H and O–H groups in total. The van der Waals surface area contributed by atoms with E-state index < -0.39 is 7.26 Å². The normalized spacial score (nSPS) is 11.1. The highest BCUT2D eigenvalue weighted by Crippen LogP contribution is 2.58. The van der Waals surface area contributed by atoms with Gasteiger partial charge < -0.3 is 17.1 Å². The zero-order chi connectivity index (χ0) is 21.8. The summed E-state index contributed by atoms with van der Waals surface area (Å²) in [4.78, 5) is 5.11. The largest absolute Gasteiger partial charge is 1.00 e. The molecule has 5 rings (SSSR count). The fourth-order valence-electron chi connectivity index (χ4n) is 4.42. The number of halogens is 1. The van der Waals surface area contributed by atoms with Crippen LogP contribution in [0.3, 0.4) is 0 Å². The predicted molar refractivity (Wildman–Crippen MR) is 137 cm³/mol. The second-order valence-electron chi connectivity index (χ2n) is 7.81. The molecule has 0 radical (unpaired) electrons. The van der Waals surface area contributed by atoms with Crippen molar-refractivity contribution < 1.29 is 17.1 Å². The van der Waals surface area contributed by atoms with Gasteiger partial charge in [-0.3, -0.25) is 0 Å². The summed E-state index contributed by atoms with van der Waals surface area (Å²) in [6.07, 6.45) is 0.846. The van der Waals surface area contributed by atoms with Crippen molar-refractivity contribution in [2.24, 2.45) is 0 Å². The maximum absolute atomic E-state index is 5.61. The maximum Gasteiger partial charge on any atom is 0.145 e. The summed E-state index contributed by atoms with van der Waals surface area (Å²) < 4.78 is 5.61. The Labute approximate surface area is 202 Å². The van der Waals surface area contributed by atoms with Gasteiger partial charge in [-0.05, 0) is 48.5 Å². The van der Waals surface area contributed by atoms with Gasteiger partial charge in [-0.1, -0.05) is 72.8 Å². The molecule has 0 aliphatic rings. The molecule has 164 valence electrons. The molecule has 4 aromatic carbocycles. The summed E-state index contributed by atoms with van der Waals surface area (Å²) in [7, 11) is -0.273. The van der Waals surface area contributed by atoms with Crippen LogP contribution < -0.4 is 33.1 Å². The van der Waals surface area contributed by atoms with Crippen LogP contribution >= 0.6 is 7.26 Å². The summed E-state index contributed by atoms with van der Waals surface area (Å²) in [5.74, 6) is 0.812. The van der Waals surface area contributed by atoms with Crippen molar-refractivity contribution in [1.82, 2.24) is 4.98 Å². The van der Waals surface area contributed by atoms with Gasteiger partial charge in [0.05, 0.1) is 12.8 Å². The molecule has 0 aliphatic heterocycles. The van der Waals surface area contributed by atoms with Crippen molar-refractivity contribution >= 4 is 34.1 Å². The van der Waals surface area contributed by atoms with Crippen molar-refractivity contribution in [1.29, 1.82) is 0 Å². The molecule has 33 heavy (non-hydrogen) atoms. The van der Waals surface area contributed by atoms with E-state index in [0.717, 1.165) is 28.5 Å². The Kier molecular flexibility index (Phi) is 7.08. The van der Waals surface area contributed by atoms with Gasteiger partial charge in [0.2, 0.25) is 0 Å².